The third kappa shape index (κ3) is 8.28. The Bertz CT molecular complexity index is 1770. The van der Waals surface area contributed by atoms with Gasteiger partial charge in [-0.25, -0.2) is 0 Å². The van der Waals surface area contributed by atoms with Crippen molar-refractivity contribution in [3.8, 4) is 28.7 Å². The SMILES string of the molecule is CCc1cc(OC)cc(OC)c1C(C)(C)/C=C(\C)C1(N(Cc2cccc(-n3cccc3)c2)C(C)=O)CCN(Cc2cc(OC)cc(OC)c2)CC1. The summed E-state index contributed by atoms with van der Waals surface area (Å²) in [6.07, 6.45) is 8.90. The fourth-order valence-corrected chi connectivity index (χ4v) is 7.92. The van der Waals surface area contributed by atoms with E-state index >= 15 is 0 Å². The van der Waals surface area contributed by atoms with E-state index in [4.69, 9.17) is 18.9 Å². The number of likely N-dealkylation sites (tertiary alicyclic amines) is 1. The zero-order valence-corrected chi connectivity index (χ0v) is 31.9. The fraction of sp³-hybridized carbons (Fsp3) is 0.419. The highest BCUT2D eigenvalue weighted by Crippen LogP contribution is 2.44. The van der Waals surface area contributed by atoms with E-state index in [0.29, 0.717) is 6.54 Å². The summed E-state index contributed by atoms with van der Waals surface area (Å²) in [5, 5.41) is 0. The molecule has 2 heterocycles. The second kappa shape index (κ2) is 16.1. The molecule has 0 unspecified atom stereocenters. The Morgan fingerprint density at radius 2 is 1.45 bits per heavy atom. The average Bonchev–Trinajstić information content (AvgIpc) is 3.69. The zero-order chi connectivity index (χ0) is 36.8. The van der Waals surface area contributed by atoms with Crippen LogP contribution in [0.25, 0.3) is 5.69 Å². The molecule has 272 valence electrons. The van der Waals surface area contributed by atoms with Crippen LogP contribution < -0.4 is 18.9 Å². The standard InChI is InChI=1S/C43H55N3O5/c1-10-35-25-39(50-8)27-40(51-9)41(35)42(4,5)28-31(2)43(16-20-44(21-17-43)29-34-23-37(48-6)26-38(24-34)49-7)46(32(3)47)30-33-14-13-15-36(22-33)45-18-11-12-19-45/h11-15,18-19,22-28H,10,16-17,20-21,29-30H2,1-9H3/b31-28+. The number of nitrogens with zero attached hydrogens (tertiary/aromatic N) is 3. The van der Waals surface area contributed by atoms with Gasteiger partial charge in [0.15, 0.2) is 0 Å². The van der Waals surface area contributed by atoms with Gasteiger partial charge in [0.25, 0.3) is 0 Å². The molecule has 5 rings (SSSR count). The van der Waals surface area contributed by atoms with E-state index in [0.717, 1.165) is 84.3 Å². The molecule has 3 aromatic carbocycles. The molecule has 1 aliphatic heterocycles. The van der Waals surface area contributed by atoms with Gasteiger partial charge in [0, 0.05) is 74.3 Å². The van der Waals surface area contributed by atoms with Crippen LogP contribution in [-0.4, -0.2) is 67.3 Å². The molecule has 1 saturated heterocycles. The lowest BCUT2D eigenvalue weighted by Crippen LogP contribution is -2.57. The maximum atomic E-state index is 13.9. The van der Waals surface area contributed by atoms with Crippen LogP contribution in [0.3, 0.4) is 0 Å². The molecule has 1 fully saturated rings. The van der Waals surface area contributed by atoms with Gasteiger partial charge >= 0.3 is 0 Å². The number of aromatic nitrogens is 1. The molecule has 0 N–H and O–H groups in total. The lowest BCUT2D eigenvalue weighted by molar-refractivity contribution is -0.136. The summed E-state index contributed by atoms with van der Waals surface area (Å²) in [5.74, 6) is 3.22. The lowest BCUT2D eigenvalue weighted by atomic mass is 9.73. The molecule has 0 bridgehead atoms. The number of ether oxygens (including phenoxy) is 4. The van der Waals surface area contributed by atoms with Crippen molar-refractivity contribution in [1.29, 1.82) is 0 Å². The Labute approximate surface area is 304 Å². The molecule has 0 spiro atoms. The molecular formula is C43H55N3O5. The van der Waals surface area contributed by atoms with Gasteiger partial charge in [-0.2, -0.15) is 0 Å². The molecule has 1 aromatic heterocycles. The molecule has 0 aliphatic carbocycles. The third-order valence-electron chi connectivity index (χ3n) is 10.5. The van der Waals surface area contributed by atoms with Gasteiger partial charge in [0.05, 0.1) is 34.0 Å². The maximum Gasteiger partial charge on any atom is 0.220 e. The summed E-state index contributed by atoms with van der Waals surface area (Å²) in [7, 11) is 6.77. The number of amides is 1. The van der Waals surface area contributed by atoms with Crippen molar-refractivity contribution in [3.63, 3.8) is 0 Å². The van der Waals surface area contributed by atoms with Crippen LogP contribution in [-0.2, 0) is 29.7 Å². The summed E-state index contributed by atoms with van der Waals surface area (Å²) in [6, 6.07) is 22.7. The third-order valence-corrected chi connectivity index (χ3v) is 10.5. The Hall–Kier alpha value is -4.69. The lowest BCUT2D eigenvalue weighted by Gasteiger charge is -2.50. The fourth-order valence-electron chi connectivity index (χ4n) is 7.92. The van der Waals surface area contributed by atoms with Gasteiger partial charge in [0.2, 0.25) is 5.91 Å². The minimum atomic E-state index is -0.499. The number of benzene rings is 3. The van der Waals surface area contributed by atoms with Crippen molar-refractivity contribution >= 4 is 5.91 Å². The number of methoxy groups -OCH3 is 4. The highest BCUT2D eigenvalue weighted by atomic mass is 16.5. The van der Waals surface area contributed by atoms with Gasteiger partial charge in [-0.1, -0.05) is 44.6 Å². The van der Waals surface area contributed by atoms with Crippen LogP contribution in [0, 0.1) is 0 Å². The minimum absolute atomic E-state index is 0.0641. The van der Waals surface area contributed by atoms with Gasteiger partial charge in [-0.05, 0) is 85.3 Å². The highest BCUT2D eigenvalue weighted by molar-refractivity contribution is 5.75. The van der Waals surface area contributed by atoms with E-state index in [9.17, 15) is 4.79 Å². The zero-order valence-electron chi connectivity index (χ0n) is 31.9. The van der Waals surface area contributed by atoms with Crippen molar-refractivity contribution in [2.45, 2.75) is 77.9 Å². The van der Waals surface area contributed by atoms with Crippen LogP contribution in [0.15, 0.2) is 90.8 Å². The smallest absolute Gasteiger partial charge is 0.220 e. The van der Waals surface area contributed by atoms with Crippen LogP contribution >= 0.6 is 0 Å². The molecule has 0 atom stereocenters. The topological polar surface area (TPSA) is 65.4 Å². The molecular weight excluding hydrogens is 638 g/mol. The van der Waals surface area contributed by atoms with E-state index in [1.807, 2.05) is 36.7 Å². The number of hydrogen-bond donors (Lipinski definition) is 0. The Kier molecular flexibility index (Phi) is 11.9. The molecule has 51 heavy (non-hydrogen) atoms. The van der Waals surface area contributed by atoms with E-state index in [1.165, 1.54) is 11.1 Å². The first-order valence-electron chi connectivity index (χ1n) is 17.9. The predicted octanol–water partition coefficient (Wildman–Crippen LogP) is 8.38. The Morgan fingerprint density at radius 3 is 2.02 bits per heavy atom. The van der Waals surface area contributed by atoms with Gasteiger partial charge < -0.3 is 28.4 Å². The minimum Gasteiger partial charge on any atom is -0.497 e. The number of rotatable bonds is 14. The molecule has 8 nitrogen and oxygen atoms in total. The molecule has 4 aromatic rings. The molecule has 1 aliphatic rings. The Morgan fingerprint density at radius 1 is 0.824 bits per heavy atom. The van der Waals surface area contributed by atoms with E-state index in [1.54, 1.807) is 35.4 Å². The molecule has 8 heteroatoms. The van der Waals surface area contributed by atoms with Crippen molar-refractivity contribution < 1.29 is 23.7 Å². The predicted molar refractivity (Wildman–Crippen MR) is 204 cm³/mol. The largest absolute Gasteiger partial charge is 0.497 e. The number of piperidine rings is 1. The second-order valence-corrected chi connectivity index (χ2v) is 14.2. The number of aryl methyl sites for hydroxylation is 1. The summed E-state index contributed by atoms with van der Waals surface area (Å²) in [5.41, 5.74) is 5.92. The summed E-state index contributed by atoms with van der Waals surface area (Å²) < 4.78 is 24.8. The van der Waals surface area contributed by atoms with E-state index < -0.39 is 11.0 Å². The summed E-state index contributed by atoms with van der Waals surface area (Å²) in [6.45, 7) is 13.5. The molecule has 0 radical (unpaired) electrons. The quantitative estimate of drug-likeness (QED) is 0.124. The van der Waals surface area contributed by atoms with Crippen molar-refractivity contribution in [3.05, 3.63) is 113 Å². The number of carbonyl (C=O) groups is 1. The van der Waals surface area contributed by atoms with E-state index in [2.05, 4.69) is 90.6 Å². The Balaban J connectivity index is 1.55. The maximum absolute atomic E-state index is 13.9. The van der Waals surface area contributed by atoms with Crippen LogP contribution in [0.5, 0.6) is 23.0 Å². The van der Waals surface area contributed by atoms with Gasteiger partial charge in [-0.3, -0.25) is 9.69 Å². The average molecular weight is 694 g/mol. The van der Waals surface area contributed by atoms with Gasteiger partial charge in [0.1, 0.15) is 23.0 Å². The summed E-state index contributed by atoms with van der Waals surface area (Å²) >= 11 is 0. The number of allylic oxidation sites excluding steroid dienone is 1. The second-order valence-electron chi connectivity index (χ2n) is 14.2. The molecule has 0 saturated carbocycles. The first-order chi connectivity index (χ1) is 24.5. The van der Waals surface area contributed by atoms with Crippen molar-refractivity contribution in [1.82, 2.24) is 14.4 Å². The van der Waals surface area contributed by atoms with Crippen LogP contribution in [0.2, 0.25) is 0 Å². The highest BCUT2D eigenvalue weighted by Gasteiger charge is 2.44. The van der Waals surface area contributed by atoms with Crippen molar-refractivity contribution in [2.24, 2.45) is 0 Å². The normalized spacial score (nSPS) is 15.0. The number of carbonyl (C=O) groups excluding carboxylic acids is 1. The molecule has 1 amide bonds. The van der Waals surface area contributed by atoms with Gasteiger partial charge in [-0.15, -0.1) is 0 Å². The summed E-state index contributed by atoms with van der Waals surface area (Å²) in [4.78, 5) is 18.5. The van der Waals surface area contributed by atoms with Crippen LogP contribution in [0.1, 0.15) is 69.7 Å². The monoisotopic (exact) mass is 693 g/mol. The first-order valence-corrected chi connectivity index (χ1v) is 17.9. The van der Waals surface area contributed by atoms with Crippen LogP contribution in [0.4, 0.5) is 0 Å². The number of hydrogen-bond acceptors (Lipinski definition) is 6. The van der Waals surface area contributed by atoms with E-state index in [-0.39, 0.29) is 5.91 Å². The first kappa shape index (κ1) is 37.6. The van der Waals surface area contributed by atoms with Crippen molar-refractivity contribution in [2.75, 3.05) is 41.5 Å².